The van der Waals surface area contributed by atoms with Crippen molar-refractivity contribution >= 4 is 5.91 Å². The van der Waals surface area contributed by atoms with E-state index in [9.17, 15) is 9.90 Å². The van der Waals surface area contributed by atoms with Crippen LogP contribution in [0, 0.1) is 5.92 Å². The SMILES string of the molecule is O=C(NCC(O)COc1ccccc1)C1CCOC1. The summed E-state index contributed by atoms with van der Waals surface area (Å²) in [5.74, 6) is 0.565. The van der Waals surface area contributed by atoms with Gasteiger partial charge in [0.1, 0.15) is 18.5 Å². The van der Waals surface area contributed by atoms with Gasteiger partial charge < -0.3 is 19.9 Å². The molecule has 1 amide bonds. The highest BCUT2D eigenvalue weighted by molar-refractivity contribution is 5.78. The van der Waals surface area contributed by atoms with E-state index in [2.05, 4.69) is 5.32 Å². The van der Waals surface area contributed by atoms with Crippen molar-refractivity contribution in [1.29, 1.82) is 0 Å². The van der Waals surface area contributed by atoms with E-state index in [4.69, 9.17) is 9.47 Å². The van der Waals surface area contributed by atoms with Gasteiger partial charge in [-0.05, 0) is 18.6 Å². The minimum absolute atomic E-state index is 0.0590. The van der Waals surface area contributed by atoms with Crippen molar-refractivity contribution in [2.24, 2.45) is 5.92 Å². The van der Waals surface area contributed by atoms with Gasteiger partial charge in [-0.25, -0.2) is 0 Å². The lowest BCUT2D eigenvalue weighted by atomic mass is 10.1. The molecule has 1 saturated heterocycles. The number of benzene rings is 1. The summed E-state index contributed by atoms with van der Waals surface area (Å²) in [4.78, 5) is 11.7. The highest BCUT2D eigenvalue weighted by atomic mass is 16.5. The predicted molar refractivity (Wildman–Crippen MR) is 69.9 cm³/mol. The smallest absolute Gasteiger partial charge is 0.225 e. The van der Waals surface area contributed by atoms with Gasteiger partial charge in [-0.2, -0.15) is 0 Å². The summed E-state index contributed by atoms with van der Waals surface area (Å²) in [5, 5.41) is 12.4. The van der Waals surface area contributed by atoms with Gasteiger partial charge in [0, 0.05) is 13.2 Å². The number of hydrogen-bond acceptors (Lipinski definition) is 4. The van der Waals surface area contributed by atoms with Gasteiger partial charge in [-0.3, -0.25) is 4.79 Å². The molecule has 0 bridgehead atoms. The summed E-state index contributed by atoms with van der Waals surface area (Å²) in [6.45, 7) is 1.47. The molecule has 1 aromatic rings. The van der Waals surface area contributed by atoms with E-state index in [1.165, 1.54) is 0 Å². The van der Waals surface area contributed by atoms with Crippen LogP contribution in [0.1, 0.15) is 6.42 Å². The van der Waals surface area contributed by atoms with Crippen LogP contribution in [0.5, 0.6) is 5.75 Å². The molecule has 2 N–H and O–H groups in total. The number of nitrogens with one attached hydrogen (secondary N) is 1. The summed E-state index contributed by atoms with van der Waals surface area (Å²) >= 11 is 0. The Kier molecular flexibility index (Phi) is 5.18. The molecule has 1 heterocycles. The van der Waals surface area contributed by atoms with Crippen LogP contribution < -0.4 is 10.1 Å². The Balaban J connectivity index is 1.64. The molecule has 2 rings (SSSR count). The molecule has 19 heavy (non-hydrogen) atoms. The number of hydrogen-bond donors (Lipinski definition) is 2. The first-order chi connectivity index (χ1) is 9.25. The van der Waals surface area contributed by atoms with Crippen LogP contribution in [0.2, 0.25) is 0 Å². The second kappa shape index (κ2) is 7.11. The second-order valence-electron chi connectivity index (χ2n) is 4.58. The van der Waals surface area contributed by atoms with Crippen molar-refractivity contribution < 1.29 is 19.4 Å². The minimum atomic E-state index is -0.716. The van der Waals surface area contributed by atoms with Crippen molar-refractivity contribution in [3.8, 4) is 5.75 Å². The molecular formula is C14H19NO4. The van der Waals surface area contributed by atoms with E-state index >= 15 is 0 Å². The Hall–Kier alpha value is -1.59. The molecule has 0 aromatic heterocycles. The lowest BCUT2D eigenvalue weighted by Crippen LogP contribution is -2.38. The molecule has 2 atom stereocenters. The van der Waals surface area contributed by atoms with Crippen LogP contribution in [0.4, 0.5) is 0 Å². The number of ether oxygens (including phenoxy) is 2. The van der Waals surface area contributed by atoms with Crippen molar-refractivity contribution in [2.75, 3.05) is 26.4 Å². The van der Waals surface area contributed by atoms with Crippen LogP contribution in [0.3, 0.4) is 0 Å². The van der Waals surface area contributed by atoms with Crippen LogP contribution in [0.25, 0.3) is 0 Å². The quantitative estimate of drug-likeness (QED) is 0.789. The number of aliphatic hydroxyl groups is 1. The fourth-order valence-electron chi connectivity index (χ4n) is 1.87. The average Bonchev–Trinajstić information content (AvgIpc) is 2.98. The third-order valence-electron chi connectivity index (χ3n) is 3.00. The zero-order chi connectivity index (χ0) is 13.5. The molecule has 1 fully saturated rings. The van der Waals surface area contributed by atoms with Crippen molar-refractivity contribution in [3.05, 3.63) is 30.3 Å². The molecule has 1 aliphatic rings. The number of carbonyl (C=O) groups excluding carboxylic acids is 1. The normalized spacial score (nSPS) is 19.9. The van der Waals surface area contributed by atoms with E-state index in [-0.39, 0.29) is 25.0 Å². The van der Waals surface area contributed by atoms with E-state index in [1.54, 1.807) is 0 Å². The monoisotopic (exact) mass is 265 g/mol. The van der Waals surface area contributed by atoms with Crippen molar-refractivity contribution in [2.45, 2.75) is 12.5 Å². The zero-order valence-corrected chi connectivity index (χ0v) is 10.7. The average molecular weight is 265 g/mol. The van der Waals surface area contributed by atoms with Crippen molar-refractivity contribution in [1.82, 2.24) is 5.32 Å². The van der Waals surface area contributed by atoms with Crippen molar-refractivity contribution in [3.63, 3.8) is 0 Å². The summed E-state index contributed by atoms with van der Waals surface area (Å²) in [6.07, 6.45) is 0.0362. The fourth-order valence-corrected chi connectivity index (χ4v) is 1.87. The van der Waals surface area contributed by atoms with Gasteiger partial charge in [0.2, 0.25) is 5.91 Å². The van der Waals surface area contributed by atoms with Gasteiger partial charge in [0.15, 0.2) is 0 Å². The molecule has 2 unspecified atom stereocenters. The highest BCUT2D eigenvalue weighted by Gasteiger charge is 2.23. The first-order valence-corrected chi connectivity index (χ1v) is 6.47. The van der Waals surface area contributed by atoms with Crippen LogP contribution in [-0.2, 0) is 9.53 Å². The second-order valence-corrected chi connectivity index (χ2v) is 4.58. The molecule has 0 saturated carbocycles. The first-order valence-electron chi connectivity index (χ1n) is 6.47. The maximum atomic E-state index is 11.7. The largest absolute Gasteiger partial charge is 0.491 e. The minimum Gasteiger partial charge on any atom is -0.491 e. The molecule has 0 spiro atoms. The third-order valence-corrected chi connectivity index (χ3v) is 3.00. The molecule has 0 aliphatic carbocycles. The lowest BCUT2D eigenvalue weighted by Gasteiger charge is -2.14. The Morgan fingerprint density at radius 2 is 2.26 bits per heavy atom. The van der Waals surface area contributed by atoms with Gasteiger partial charge >= 0.3 is 0 Å². The van der Waals surface area contributed by atoms with Crippen LogP contribution >= 0.6 is 0 Å². The Morgan fingerprint density at radius 1 is 1.47 bits per heavy atom. The van der Waals surface area contributed by atoms with Gasteiger partial charge in [0.25, 0.3) is 0 Å². The van der Waals surface area contributed by atoms with Gasteiger partial charge in [-0.1, -0.05) is 18.2 Å². The number of amides is 1. The Bertz CT molecular complexity index is 390. The predicted octanol–water partition coefficient (Wildman–Crippen LogP) is 0.579. The topological polar surface area (TPSA) is 67.8 Å². The Labute approximate surface area is 112 Å². The van der Waals surface area contributed by atoms with E-state index in [0.29, 0.717) is 19.0 Å². The zero-order valence-electron chi connectivity index (χ0n) is 10.7. The number of rotatable bonds is 6. The van der Waals surface area contributed by atoms with E-state index in [1.807, 2.05) is 30.3 Å². The first kappa shape index (κ1) is 13.8. The maximum absolute atomic E-state index is 11.7. The number of carbonyl (C=O) groups is 1. The highest BCUT2D eigenvalue weighted by Crippen LogP contribution is 2.12. The molecule has 104 valence electrons. The summed E-state index contributed by atoms with van der Waals surface area (Å²) in [7, 11) is 0. The molecule has 5 nitrogen and oxygen atoms in total. The summed E-state index contributed by atoms with van der Waals surface area (Å²) in [5.41, 5.74) is 0. The lowest BCUT2D eigenvalue weighted by molar-refractivity contribution is -0.125. The van der Waals surface area contributed by atoms with Crippen LogP contribution in [-0.4, -0.2) is 43.5 Å². The summed E-state index contributed by atoms with van der Waals surface area (Å²) in [6, 6.07) is 9.27. The fraction of sp³-hybridized carbons (Fsp3) is 0.500. The van der Waals surface area contributed by atoms with E-state index < -0.39 is 6.10 Å². The molecule has 1 aliphatic heterocycles. The van der Waals surface area contributed by atoms with Gasteiger partial charge in [-0.15, -0.1) is 0 Å². The summed E-state index contributed by atoms with van der Waals surface area (Å²) < 4.78 is 10.5. The van der Waals surface area contributed by atoms with Gasteiger partial charge in [0.05, 0.1) is 12.5 Å². The molecule has 0 radical (unpaired) electrons. The molecule has 5 heteroatoms. The molecular weight excluding hydrogens is 246 g/mol. The number of aliphatic hydroxyl groups excluding tert-OH is 1. The Morgan fingerprint density at radius 3 is 2.95 bits per heavy atom. The number of para-hydroxylation sites is 1. The van der Waals surface area contributed by atoms with E-state index in [0.717, 1.165) is 6.42 Å². The molecule has 1 aromatic carbocycles. The standard InChI is InChI=1S/C14H19NO4/c16-12(10-19-13-4-2-1-3-5-13)8-15-14(17)11-6-7-18-9-11/h1-5,11-12,16H,6-10H2,(H,15,17). The third kappa shape index (κ3) is 4.54. The van der Waals surface area contributed by atoms with Crippen LogP contribution in [0.15, 0.2) is 30.3 Å². The maximum Gasteiger partial charge on any atom is 0.225 e.